The number of hydrogen-bond donors (Lipinski definition) is 0. The molecule has 1 aliphatic heterocycles. The van der Waals surface area contributed by atoms with Crippen LogP contribution in [0.25, 0.3) is 0 Å². The summed E-state index contributed by atoms with van der Waals surface area (Å²) in [7, 11) is 3.76. The number of halogens is 1. The van der Waals surface area contributed by atoms with Crippen molar-refractivity contribution in [1.29, 1.82) is 0 Å². The van der Waals surface area contributed by atoms with Gasteiger partial charge in [0, 0.05) is 32.4 Å². The Bertz CT molecular complexity index is 477. The summed E-state index contributed by atoms with van der Waals surface area (Å²) < 4.78 is 10.7. The molecule has 3 nitrogen and oxygen atoms in total. The van der Waals surface area contributed by atoms with E-state index in [1.54, 1.807) is 7.11 Å². The van der Waals surface area contributed by atoms with Gasteiger partial charge in [-0.25, -0.2) is 0 Å². The van der Waals surface area contributed by atoms with E-state index in [1.807, 2.05) is 12.1 Å². The van der Waals surface area contributed by atoms with Crippen LogP contribution in [0, 0.1) is 0 Å². The van der Waals surface area contributed by atoms with Crippen molar-refractivity contribution in [3.63, 3.8) is 0 Å². The molecule has 0 fully saturated rings. The molecule has 0 atom stereocenters. The van der Waals surface area contributed by atoms with E-state index in [9.17, 15) is 0 Å². The molecule has 0 unspecified atom stereocenters. The Hall–Kier alpha value is -0.995. The summed E-state index contributed by atoms with van der Waals surface area (Å²) in [4.78, 5) is 4.55. The lowest BCUT2D eigenvalue weighted by molar-refractivity contribution is 0.172. The first-order valence-electron chi connectivity index (χ1n) is 6.68. The normalized spacial score (nSPS) is 14.5. The van der Waals surface area contributed by atoms with Crippen LogP contribution in [0.5, 0.6) is 5.75 Å². The number of ether oxygens (including phenoxy) is 2. The van der Waals surface area contributed by atoms with E-state index in [2.05, 4.69) is 12.8 Å². The fraction of sp³-hybridized carbons (Fsp3) is 0.500. The lowest BCUT2D eigenvalue weighted by Crippen LogP contribution is -2.16. The van der Waals surface area contributed by atoms with Gasteiger partial charge in [-0.1, -0.05) is 17.1 Å². The molecule has 0 aliphatic carbocycles. The van der Waals surface area contributed by atoms with Crippen LogP contribution in [0.2, 0.25) is 5.02 Å². The average molecular weight is 280 g/mol. The van der Waals surface area contributed by atoms with Crippen molar-refractivity contribution in [2.75, 3.05) is 26.9 Å². The number of aliphatic imine (C=N–C) groups is 1. The van der Waals surface area contributed by atoms with Crippen LogP contribution >= 0.6 is 11.6 Å². The van der Waals surface area contributed by atoms with Gasteiger partial charge in [-0.3, -0.25) is 4.99 Å². The highest BCUT2D eigenvalue weighted by atomic mass is 35.5. The fourth-order valence-corrected chi connectivity index (χ4v) is 2.49. The number of nitrogens with zero attached hydrogens (tertiary/aromatic N) is 1. The molecule has 5 heteroatoms. The molecule has 0 saturated carbocycles. The molecule has 0 aromatic heterocycles. The molecule has 0 saturated heterocycles. The minimum atomic E-state index is 0.614. The van der Waals surface area contributed by atoms with Crippen molar-refractivity contribution >= 4 is 30.6 Å². The fourth-order valence-electron chi connectivity index (χ4n) is 2.22. The molecule has 1 heterocycles. The van der Waals surface area contributed by atoms with Gasteiger partial charge in [-0.2, -0.15) is 0 Å². The minimum absolute atomic E-state index is 0.614. The number of benzene rings is 1. The summed E-state index contributed by atoms with van der Waals surface area (Å²) in [6, 6.07) is 3.98. The quantitative estimate of drug-likeness (QED) is 0.585. The number of rotatable bonds is 6. The first-order valence-corrected chi connectivity index (χ1v) is 7.05. The van der Waals surface area contributed by atoms with Gasteiger partial charge >= 0.3 is 0 Å². The Labute approximate surface area is 120 Å². The second-order valence-corrected chi connectivity index (χ2v) is 5.13. The van der Waals surface area contributed by atoms with Crippen LogP contribution in [0.4, 0.5) is 0 Å². The molecular formula is C14H19BClNO2. The van der Waals surface area contributed by atoms with Crippen molar-refractivity contribution in [2.24, 2.45) is 4.99 Å². The van der Waals surface area contributed by atoms with Crippen LogP contribution < -0.4 is 10.2 Å². The van der Waals surface area contributed by atoms with Crippen LogP contribution in [-0.4, -0.2) is 40.4 Å². The van der Waals surface area contributed by atoms with E-state index >= 15 is 0 Å². The maximum Gasteiger partial charge on any atom is 0.140 e. The van der Waals surface area contributed by atoms with E-state index in [1.165, 1.54) is 11.3 Å². The molecular weight excluding hydrogens is 260 g/mol. The van der Waals surface area contributed by atoms with Gasteiger partial charge in [0.05, 0.1) is 11.6 Å². The predicted octanol–water partition coefficient (Wildman–Crippen LogP) is 1.60. The smallest absolute Gasteiger partial charge is 0.140 e. The molecule has 102 valence electrons. The van der Waals surface area contributed by atoms with Gasteiger partial charge in [0.25, 0.3) is 0 Å². The topological polar surface area (TPSA) is 30.8 Å². The molecule has 0 amide bonds. The summed E-state index contributed by atoms with van der Waals surface area (Å²) in [5.74, 6) is 0.743. The highest BCUT2D eigenvalue weighted by Gasteiger charge is 2.14. The van der Waals surface area contributed by atoms with Gasteiger partial charge < -0.3 is 9.47 Å². The summed E-state index contributed by atoms with van der Waals surface area (Å²) >= 11 is 6.22. The molecule has 0 radical (unpaired) electrons. The van der Waals surface area contributed by atoms with E-state index in [0.29, 0.717) is 18.2 Å². The summed E-state index contributed by atoms with van der Waals surface area (Å²) in [5.41, 5.74) is 3.51. The van der Waals surface area contributed by atoms with E-state index in [4.69, 9.17) is 21.1 Å². The molecule has 19 heavy (non-hydrogen) atoms. The lowest BCUT2D eigenvalue weighted by Gasteiger charge is -2.12. The number of hydrogen-bond acceptors (Lipinski definition) is 3. The van der Waals surface area contributed by atoms with Gasteiger partial charge in [0.2, 0.25) is 0 Å². The van der Waals surface area contributed by atoms with Gasteiger partial charge in [-0.15, -0.1) is 0 Å². The SMILES string of the molecule is Bc1cc(Cl)c(OCCCOC)cc1C1=NCCC1. The first kappa shape index (κ1) is 14.4. The third-order valence-corrected chi connectivity index (χ3v) is 3.51. The Kier molecular flexibility index (Phi) is 5.29. The maximum atomic E-state index is 6.22. The second kappa shape index (κ2) is 6.97. The first-order chi connectivity index (χ1) is 9.22. The zero-order chi connectivity index (χ0) is 13.7. The Morgan fingerprint density at radius 1 is 1.37 bits per heavy atom. The molecule has 0 bridgehead atoms. The highest BCUT2D eigenvalue weighted by Crippen LogP contribution is 2.26. The van der Waals surface area contributed by atoms with Crippen LogP contribution in [0.1, 0.15) is 24.8 Å². The molecule has 0 N–H and O–H groups in total. The third-order valence-electron chi connectivity index (χ3n) is 3.21. The standard InChI is InChI=1S/C14H19BClNO2/c1-18-6-3-7-19-14-8-10(11(15)9-12(14)16)13-4-2-5-17-13/h8-9H,2-7,15H2,1H3. The maximum absolute atomic E-state index is 6.22. The zero-order valence-electron chi connectivity index (χ0n) is 11.5. The largest absolute Gasteiger partial charge is 0.492 e. The summed E-state index contributed by atoms with van der Waals surface area (Å²) in [6.07, 6.45) is 3.05. The van der Waals surface area contributed by atoms with Crippen molar-refractivity contribution in [1.82, 2.24) is 0 Å². The Balaban J connectivity index is 2.12. The monoisotopic (exact) mass is 279 g/mol. The summed E-state index contributed by atoms with van der Waals surface area (Å²) in [6.45, 7) is 2.24. The molecule has 2 rings (SSSR count). The zero-order valence-corrected chi connectivity index (χ0v) is 12.3. The average Bonchev–Trinajstić information content (AvgIpc) is 2.90. The summed E-state index contributed by atoms with van der Waals surface area (Å²) in [5, 5.41) is 0.664. The highest BCUT2D eigenvalue weighted by molar-refractivity contribution is 6.40. The Morgan fingerprint density at radius 3 is 2.89 bits per heavy atom. The predicted molar refractivity (Wildman–Crippen MR) is 82.3 cm³/mol. The van der Waals surface area contributed by atoms with Crippen LogP contribution in [0.3, 0.4) is 0 Å². The Morgan fingerprint density at radius 2 is 2.21 bits per heavy atom. The molecule has 0 spiro atoms. The molecule has 1 aliphatic rings. The van der Waals surface area contributed by atoms with E-state index < -0.39 is 0 Å². The molecule has 1 aromatic carbocycles. The van der Waals surface area contributed by atoms with Crippen molar-refractivity contribution < 1.29 is 9.47 Å². The molecule has 1 aromatic rings. The number of methoxy groups -OCH3 is 1. The van der Waals surface area contributed by atoms with Crippen LogP contribution in [-0.2, 0) is 4.74 Å². The van der Waals surface area contributed by atoms with Gasteiger partial charge in [0.1, 0.15) is 13.6 Å². The van der Waals surface area contributed by atoms with Gasteiger partial charge in [0.15, 0.2) is 0 Å². The van der Waals surface area contributed by atoms with E-state index in [-0.39, 0.29) is 0 Å². The van der Waals surface area contributed by atoms with E-state index in [0.717, 1.165) is 37.0 Å². The van der Waals surface area contributed by atoms with Crippen molar-refractivity contribution in [3.05, 3.63) is 22.7 Å². The third kappa shape index (κ3) is 3.74. The lowest BCUT2D eigenvalue weighted by atomic mass is 9.87. The van der Waals surface area contributed by atoms with Crippen LogP contribution in [0.15, 0.2) is 17.1 Å². The second-order valence-electron chi connectivity index (χ2n) is 4.72. The van der Waals surface area contributed by atoms with Crippen molar-refractivity contribution in [2.45, 2.75) is 19.3 Å². The van der Waals surface area contributed by atoms with Gasteiger partial charge in [-0.05, 0) is 30.5 Å². The van der Waals surface area contributed by atoms with Crippen molar-refractivity contribution in [3.8, 4) is 5.75 Å². The minimum Gasteiger partial charge on any atom is -0.492 e.